The predicted molar refractivity (Wildman–Crippen MR) is 56.6 cm³/mol. The van der Waals surface area contributed by atoms with Gasteiger partial charge in [-0.15, -0.1) is 0 Å². The van der Waals surface area contributed by atoms with Crippen molar-refractivity contribution in [2.75, 3.05) is 0 Å². The van der Waals surface area contributed by atoms with E-state index in [-0.39, 0.29) is 11.6 Å². The molecule has 1 aromatic heterocycles. The van der Waals surface area contributed by atoms with Crippen molar-refractivity contribution < 1.29 is 9.18 Å². The lowest BCUT2D eigenvalue weighted by Gasteiger charge is -2.00. The Morgan fingerprint density at radius 3 is 2.50 bits per heavy atom. The lowest BCUT2D eigenvalue weighted by molar-refractivity contribution is 0.103. The minimum Gasteiger partial charge on any atom is -0.287 e. The molecule has 0 saturated carbocycles. The summed E-state index contributed by atoms with van der Waals surface area (Å²) in [7, 11) is 0. The van der Waals surface area contributed by atoms with Crippen molar-refractivity contribution in [2.24, 2.45) is 0 Å². The molecule has 0 aliphatic heterocycles. The van der Waals surface area contributed by atoms with Gasteiger partial charge in [0.15, 0.2) is 0 Å². The van der Waals surface area contributed by atoms with Crippen molar-refractivity contribution in [1.82, 2.24) is 9.97 Å². The van der Waals surface area contributed by atoms with Crippen LogP contribution < -0.4 is 0 Å². The van der Waals surface area contributed by atoms with E-state index >= 15 is 0 Å². The van der Waals surface area contributed by atoms with E-state index in [1.807, 2.05) is 0 Å². The number of hydrogen-bond acceptors (Lipinski definition) is 3. The van der Waals surface area contributed by atoms with Crippen LogP contribution in [0.15, 0.2) is 36.5 Å². The number of aryl methyl sites for hydroxylation is 1. The summed E-state index contributed by atoms with van der Waals surface area (Å²) in [6.45, 7) is 1.71. The van der Waals surface area contributed by atoms with Gasteiger partial charge >= 0.3 is 0 Å². The van der Waals surface area contributed by atoms with Gasteiger partial charge in [0, 0.05) is 11.8 Å². The van der Waals surface area contributed by atoms with Crippen LogP contribution in [-0.4, -0.2) is 15.8 Å². The topological polar surface area (TPSA) is 42.9 Å². The first kappa shape index (κ1) is 10.4. The number of hydrogen-bond donors (Lipinski definition) is 0. The van der Waals surface area contributed by atoms with E-state index in [0.29, 0.717) is 17.1 Å². The summed E-state index contributed by atoms with van der Waals surface area (Å²) in [6.07, 6.45) is 1.53. The first-order valence-corrected chi connectivity index (χ1v) is 4.77. The summed E-state index contributed by atoms with van der Waals surface area (Å²) in [5, 5.41) is 0. The van der Waals surface area contributed by atoms with Gasteiger partial charge in [-0.2, -0.15) is 0 Å². The molecule has 3 nitrogen and oxygen atoms in total. The van der Waals surface area contributed by atoms with Crippen LogP contribution in [0.25, 0.3) is 0 Å². The number of rotatable bonds is 2. The summed E-state index contributed by atoms with van der Waals surface area (Å²) in [5.41, 5.74) is 0.735. The van der Waals surface area contributed by atoms with Crippen LogP contribution >= 0.6 is 0 Å². The second-order valence-corrected chi connectivity index (χ2v) is 3.33. The number of halogens is 1. The van der Waals surface area contributed by atoms with Gasteiger partial charge in [-0.3, -0.25) is 4.79 Å². The van der Waals surface area contributed by atoms with Gasteiger partial charge in [-0.25, -0.2) is 14.4 Å². The number of benzene rings is 1. The van der Waals surface area contributed by atoms with Crippen LogP contribution in [0.5, 0.6) is 0 Å². The molecule has 2 rings (SSSR count). The van der Waals surface area contributed by atoms with Crippen LogP contribution in [0.1, 0.15) is 21.9 Å². The fraction of sp³-hybridized carbons (Fsp3) is 0.0833. The Labute approximate surface area is 92.0 Å². The molecule has 0 spiro atoms. The minimum atomic E-state index is -0.365. The van der Waals surface area contributed by atoms with E-state index in [1.165, 1.54) is 30.5 Å². The van der Waals surface area contributed by atoms with Gasteiger partial charge in [0.2, 0.25) is 5.78 Å². The zero-order chi connectivity index (χ0) is 11.5. The molecular formula is C12H9FN2O. The quantitative estimate of drug-likeness (QED) is 0.722. The number of nitrogens with zero attached hydrogens (tertiary/aromatic N) is 2. The zero-order valence-electron chi connectivity index (χ0n) is 8.64. The summed E-state index contributed by atoms with van der Waals surface area (Å²) in [4.78, 5) is 19.8. The van der Waals surface area contributed by atoms with Crippen molar-refractivity contribution in [3.05, 3.63) is 59.4 Å². The molecule has 0 aliphatic rings. The van der Waals surface area contributed by atoms with Gasteiger partial charge < -0.3 is 0 Å². The fourth-order valence-electron chi connectivity index (χ4n) is 1.33. The molecule has 0 unspecified atom stereocenters. The molecule has 1 aromatic carbocycles. The van der Waals surface area contributed by atoms with Gasteiger partial charge in [-0.05, 0) is 37.3 Å². The highest BCUT2D eigenvalue weighted by atomic mass is 19.1. The van der Waals surface area contributed by atoms with E-state index in [9.17, 15) is 9.18 Å². The maximum Gasteiger partial charge on any atom is 0.211 e. The van der Waals surface area contributed by atoms with E-state index in [2.05, 4.69) is 9.97 Å². The van der Waals surface area contributed by atoms with E-state index in [0.717, 1.165) is 0 Å². The summed E-state index contributed by atoms with van der Waals surface area (Å²) in [5.74, 6) is -0.0612. The highest BCUT2D eigenvalue weighted by molar-refractivity contribution is 6.07. The zero-order valence-corrected chi connectivity index (χ0v) is 8.64. The third-order valence-electron chi connectivity index (χ3n) is 2.12. The lowest BCUT2D eigenvalue weighted by Crippen LogP contribution is -2.05. The first-order valence-electron chi connectivity index (χ1n) is 4.77. The Kier molecular flexibility index (Phi) is 2.72. The largest absolute Gasteiger partial charge is 0.287 e. The minimum absolute atomic E-state index is 0.231. The van der Waals surface area contributed by atoms with E-state index < -0.39 is 0 Å². The molecular weight excluding hydrogens is 207 g/mol. The summed E-state index contributed by atoms with van der Waals surface area (Å²) in [6, 6.07) is 6.92. The van der Waals surface area contributed by atoms with Crippen LogP contribution in [-0.2, 0) is 0 Å². The molecule has 0 aliphatic carbocycles. The molecule has 4 heteroatoms. The summed E-state index contributed by atoms with van der Waals surface area (Å²) < 4.78 is 12.7. The maximum absolute atomic E-state index is 12.7. The van der Waals surface area contributed by atoms with E-state index in [4.69, 9.17) is 0 Å². The Bertz CT molecular complexity index is 523. The second kappa shape index (κ2) is 4.18. The fourth-order valence-corrected chi connectivity index (χ4v) is 1.33. The molecule has 80 valence electrons. The normalized spacial score (nSPS) is 10.1. The molecule has 0 bridgehead atoms. The van der Waals surface area contributed by atoms with Crippen molar-refractivity contribution in [1.29, 1.82) is 0 Å². The number of carbonyl (C=O) groups is 1. The standard InChI is InChI=1S/C12H9FN2O/c1-8-14-7-6-11(15-8)12(16)9-2-4-10(13)5-3-9/h2-7H,1H3. The molecule has 0 saturated heterocycles. The van der Waals surface area contributed by atoms with Crippen molar-refractivity contribution in [2.45, 2.75) is 6.92 Å². The maximum atomic E-state index is 12.7. The van der Waals surface area contributed by atoms with E-state index in [1.54, 1.807) is 13.0 Å². The molecule has 0 fully saturated rings. The number of carbonyl (C=O) groups excluding carboxylic acids is 1. The average molecular weight is 216 g/mol. The Balaban J connectivity index is 2.35. The first-order chi connectivity index (χ1) is 7.66. The van der Waals surface area contributed by atoms with Crippen molar-refractivity contribution in [3.63, 3.8) is 0 Å². The molecule has 0 N–H and O–H groups in total. The number of aromatic nitrogens is 2. The monoisotopic (exact) mass is 216 g/mol. The van der Waals surface area contributed by atoms with Crippen LogP contribution in [0, 0.1) is 12.7 Å². The third-order valence-corrected chi connectivity index (χ3v) is 2.12. The Hall–Kier alpha value is -2.10. The van der Waals surface area contributed by atoms with Crippen LogP contribution in [0.3, 0.4) is 0 Å². The highest BCUT2D eigenvalue weighted by Crippen LogP contribution is 2.08. The summed E-state index contributed by atoms with van der Waals surface area (Å²) >= 11 is 0. The molecule has 1 heterocycles. The average Bonchev–Trinajstić information content (AvgIpc) is 2.29. The second-order valence-electron chi connectivity index (χ2n) is 3.33. The molecule has 2 aromatic rings. The van der Waals surface area contributed by atoms with Crippen molar-refractivity contribution >= 4 is 5.78 Å². The molecule has 16 heavy (non-hydrogen) atoms. The van der Waals surface area contributed by atoms with Crippen LogP contribution in [0.4, 0.5) is 4.39 Å². The Morgan fingerprint density at radius 2 is 1.88 bits per heavy atom. The third kappa shape index (κ3) is 2.11. The molecule has 0 atom stereocenters. The highest BCUT2D eigenvalue weighted by Gasteiger charge is 2.10. The van der Waals surface area contributed by atoms with Gasteiger partial charge in [0.05, 0.1) is 0 Å². The Morgan fingerprint density at radius 1 is 1.19 bits per heavy atom. The van der Waals surface area contributed by atoms with Crippen molar-refractivity contribution in [3.8, 4) is 0 Å². The van der Waals surface area contributed by atoms with Gasteiger partial charge in [-0.1, -0.05) is 0 Å². The smallest absolute Gasteiger partial charge is 0.211 e. The lowest BCUT2D eigenvalue weighted by atomic mass is 10.1. The van der Waals surface area contributed by atoms with Gasteiger partial charge in [0.25, 0.3) is 0 Å². The molecule has 0 amide bonds. The number of ketones is 1. The van der Waals surface area contributed by atoms with Gasteiger partial charge in [0.1, 0.15) is 17.3 Å². The SMILES string of the molecule is Cc1nccc(C(=O)c2ccc(F)cc2)n1. The van der Waals surface area contributed by atoms with Crippen LogP contribution in [0.2, 0.25) is 0 Å². The predicted octanol–water partition coefficient (Wildman–Crippen LogP) is 2.16. The molecule has 0 radical (unpaired) electrons.